The van der Waals surface area contributed by atoms with Crippen LogP contribution < -0.4 is 5.32 Å². The summed E-state index contributed by atoms with van der Waals surface area (Å²) in [7, 11) is 0. The molecule has 0 atom stereocenters. The van der Waals surface area contributed by atoms with Gasteiger partial charge in [0.1, 0.15) is 0 Å². The molecule has 8 heteroatoms. The van der Waals surface area contributed by atoms with Crippen molar-refractivity contribution in [1.29, 1.82) is 0 Å². The number of carbonyl (C=O) groups is 1. The second-order valence-electron chi connectivity index (χ2n) is 4.86. The summed E-state index contributed by atoms with van der Waals surface area (Å²) in [5.41, 5.74) is 0.245. The molecule has 0 spiro atoms. The fourth-order valence-electron chi connectivity index (χ4n) is 2.05. The van der Waals surface area contributed by atoms with Crippen molar-refractivity contribution < 1.29 is 22.6 Å². The van der Waals surface area contributed by atoms with Gasteiger partial charge in [0.05, 0.1) is 5.56 Å². The molecule has 0 aliphatic rings. The number of nitrogens with zero attached hydrogens (tertiary/aromatic N) is 2. The maximum atomic E-state index is 12.5. The third-order valence-corrected chi connectivity index (χ3v) is 3.24. The molecule has 0 aliphatic carbocycles. The number of alkyl halides is 3. The first-order chi connectivity index (χ1) is 11.4. The van der Waals surface area contributed by atoms with E-state index in [4.69, 9.17) is 0 Å². The molecule has 0 saturated heterocycles. The third kappa shape index (κ3) is 3.27. The van der Waals surface area contributed by atoms with Gasteiger partial charge in [-0.05, 0) is 34.6 Å². The number of aromatic nitrogens is 2. The molecule has 24 heavy (non-hydrogen) atoms. The molecule has 0 saturated carbocycles. The summed E-state index contributed by atoms with van der Waals surface area (Å²) >= 11 is 0. The van der Waals surface area contributed by atoms with Crippen LogP contribution in [0.5, 0.6) is 0 Å². The third-order valence-electron chi connectivity index (χ3n) is 3.24. The molecule has 3 aromatic rings. The summed E-state index contributed by atoms with van der Waals surface area (Å²) in [5.74, 6) is -0.525. The predicted octanol–water partition coefficient (Wildman–Crippen LogP) is 4.01. The Bertz CT molecular complexity index is 843. The Morgan fingerprint density at radius 2 is 1.62 bits per heavy atom. The van der Waals surface area contributed by atoms with Crippen LogP contribution in [0.4, 0.5) is 19.0 Å². The van der Waals surface area contributed by atoms with Gasteiger partial charge in [-0.2, -0.15) is 13.2 Å². The normalized spacial score (nSPS) is 11.3. The maximum Gasteiger partial charge on any atom is 0.416 e. The molecule has 0 radical (unpaired) electrons. The number of hydrogen-bond donors (Lipinski definition) is 1. The topological polar surface area (TPSA) is 68.0 Å². The van der Waals surface area contributed by atoms with Crippen molar-refractivity contribution in [3.8, 4) is 11.3 Å². The van der Waals surface area contributed by atoms with Gasteiger partial charge in [-0.15, -0.1) is 0 Å². The van der Waals surface area contributed by atoms with Gasteiger partial charge in [-0.25, -0.2) is 4.63 Å². The highest BCUT2D eigenvalue weighted by Crippen LogP contribution is 2.29. The Morgan fingerprint density at radius 3 is 2.25 bits per heavy atom. The van der Waals surface area contributed by atoms with E-state index in [0.717, 1.165) is 24.3 Å². The molecule has 1 amide bonds. The van der Waals surface area contributed by atoms with Crippen LogP contribution in [0.1, 0.15) is 15.9 Å². The molecule has 1 N–H and O–H groups in total. The molecule has 0 unspecified atom stereocenters. The molecule has 1 heterocycles. The van der Waals surface area contributed by atoms with E-state index in [9.17, 15) is 18.0 Å². The maximum absolute atomic E-state index is 12.5. The van der Waals surface area contributed by atoms with Crippen molar-refractivity contribution in [2.75, 3.05) is 5.32 Å². The Morgan fingerprint density at radius 1 is 0.958 bits per heavy atom. The molecule has 3 rings (SSSR count). The van der Waals surface area contributed by atoms with Crippen LogP contribution in [0.3, 0.4) is 0 Å². The fourth-order valence-corrected chi connectivity index (χ4v) is 2.05. The van der Waals surface area contributed by atoms with Gasteiger partial charge in [0.15, 0.2) is 5.69 Å². The summed E-state index contributed by atoms with van der Waals surface area (Å²) < 4.78 is 42.2. The Balaban J connectivity index is 1.80. The van der Waals surface area contributed by atoms with E-state index in [1.54, 1.807) is 24.3 Å². The summed E-state index contributed by atoms with van der Waals surface area (Å²) in [4.78, 5) is 12.2. The standard InChI is InChI=1S/C16H10F3N3O2/c17-16(18,19)12-8-6-11(7-9-12)15(23)20-14-13(21-24-22-14)10-4-2-1-3-5-10/h1-9H,(H,20,22,23). The summed E-state index contributed by atoms with van der Waals surface area (Å²) in [6.07, 6.45) is -4.45. The van der Waals surface area contributed by atoms with Crippen molar-refractivity contribution in [3.63, 3.8) is 0 Å². The molecule has 122 valence electrons. The van der Waals surface area contributed by atoms with E-state index >= 15 is 0 Å². The zero-order chi connectivity index (χ0) is 17.2. The molecule has 0 bridgehead atoms. The quantitative estimate of drug-likeness (QED) is 0.786. The smallest absolute Gasteiger partial charge is 0.302 e. The summed E-state index contributed by atoms with van der Waals surface area (Å²) in [6, 6.07) is 12.8. The van der Waals surface area contributed by atoms with Gasteiger partial charge >= 0.3 is 6.18 Å². The zero-order valence-corrected chi connectivity index (χ0v) is 12.0. The lowest BCUT2D eigenvalue weighted by Gasteiger charge is -2.07. The number of benzene rings is 2. The Kier molecular flexibility index (Phi) is 4.03. The van der Waals surface area contributed by atoms with Crippen molar-refractivity contribution in [2.45, 2.75) is 6.18 Å². The second-order valence-corrected chi connectivity index (χ2v) is 4.86. The SMILES string of the molecule is O=C(Nc1nonc1-c1ccccc1)c1ccc(C(F)(F)F)cc1. The van der Waals surface area contributed by atoms with E-state index in [-0.39, 0.29) is 11.4 Å². The number of hydrogen-bond acceptors (Lipinski definition) is 4. The van der Waals surface area contributed by atoms with Crippen LogP contribution in [0.25, 0.3) is 11.3 Å². The predicted molar refractivity (Wildman–Crippen MR) is 79.1 cm³/mol. The van der Waals surface area contributed by atoms with Crippen molar-refractivity contribution >= 4 is 11.7 Å². The molecule has 1 aromatic heterocycles. The van der Waals surface area contributed by atoms with Gasteiger partial charge in [-0.1, -0.05) is 30.3 Å². The zero-order valence-electron chi connectivity index (χ0n) is 12.0. The number of halogens is 3. The van der Waals surface area contributed by atoms with Crippen LogP contribution in [0.2, 0.25) is 0 Å². The minimum Gasteiger partial charge on any atom is -0.302 e. The molecule has 0 fully saturated rings. The minimum atomic E-state index is -4.45. The Labute approximate surface area is 134 Å². The van der Waals surface area contributed by atoms with Crippen LogP contribution in [0, 0.1) is 0 Å². The van der Waals surface area contributed by atoms with E-state index in [1.165, 1.54) is 0 Å². The minimum absolute atomic E-state index is 0.0602. The van der Waals surface area contributed by atoms with Crippen molar-refractivity contribution in [1.82, 2.24) is 10.3 Å². The molecule has 5 nitrogen and oxygen atoms in total. The summed E-state index contributed by atoms with van der Waals surface area (Å²) in [6.45, 7) is 0. The first-order valence-electron chi connectivity index (χ1n) is 6.82. The summed E-state index contributed by atoms with van der Waals surface area (Å²) in [5, 5.41) is 9.82. The van der Waals surface area contributed by atoms with Crippen molar-refractivity contribution in [3.05, 3.63) is 65.7 Å². The van der Waals surface area contributed by atoms with Gasteiger partial charge in [0.2, 0.25) is 5.82 Å². The number of anilines is 1. The highest BCUT2D eigenvalue weighted by molar-refractivity contribution is 6.05. The van der Waals surface area contributed by atoms with Crippen LogP contribution in [0.15, 0.2) is 59.2 Å². The van der Waals surface area contributed by atoms with Crippen LogP contribution in [-0.2, 0) is 6.18 Å². The average molecular weight is 333 g/mol. The number of carbonyl (C=O) groups excluding carboxylic acids is 1. The monoisotopic (exact) mass is 333 g/mol. The number of amides is 1. The van der Waals surface area contributed by atoms with Gasteiger partial charge < -0.3 is 5.32 Å². The first-order valence-corrected chi connectivity index (χ1v) is 6.82. The second kappa shape index (κ2) is 6.15. The van der Waals surface area contributed by atoms with Crippen molar-refractivity contribution in [2.24, 2.45) is 0 Å². The molecule has 2 aromatic carbocycles. The largest absolute Gasteiger partial charge is 0.416 e. The van der Waals surface area contributed by atoms with Gasteiger partial charge in [-0.3, -0.25) is 4.79 Å². The number of nitrogens with one attached hydrogen (secondary N) is 1. The lowest BCUT2D eigenvalue weighted by atomic mass is 10.1. The number of rotatable bonds is 3. The van der Waals surface area contributed by atoms with Gasteiger partial charge in [0, 0.05) is 11.1 Å². The van der Waals surface area contributed by atoms with E-state index in [1.807, 2.05) is 6.07 Å². The molecule has 0 aliphatic heterocycles. The molecular formula is C16H10F3N3O2. The van der Waals surface area contributed by atoms with Crippen LogP contribution >= 0.6 is 0 Å². The molecular weight excluding hydrogens is 323 g/mol. The van der Waals surface area contributed by atoms with E-state index in [0.29, 0.717) is 11.3 Å². The highest BCUT2D eigenvalue weighted by Gasteiger charge is 2.30. The fraction of sp³-hybridized carbons (Fsp3) is 0.0625. The van der Waals surface area contributed by atoms with E-state index < -0.39 is 17.6 Å². The van der Waals surface area contributed by atoms with Crippen LogP contribution in [-0.4, -0.2) is 16.2 Å². The Hall–Kier alpha value is -3.16. The lowest BCUT2D eigenvalue weighted by Crippen LogP contribution is -2.13. The van der Waals surface area contributed by atoms with E-state index in [2.05, 4.69) is 20.3 Å². The first kappa shape index (κ1) is 15.7. The van der Waals surface area contributed by atoms with Gasteiger partial charge in [0.25, 0.3) is 5.91 Å². The lowest BCUT2D eigenvalue weighted by molar-refractivity contribution is -0.137. The highest BCUT2D eigenvalue weighted by atomic mass is 19.4. The average Bonchev–Trinajstić information content (AvgIpc) is 3.03.